The Hall–Kier alpha value is -1.61. The van der Waals surface area contributed by atoms with Crippen molar-refractivity contribution in [2.45, 2.75) is 6.92 Å². The fraction of sp³-hybridized carbons (Fsp3) is 0.308. The Morgan fingerprint density at radius 2 is 2.06 bits per heavy atom. The van der Waals surface area contributed by atoms with Crippen LogP contribution in [-0.4, -0.2) is 25.3 Å². The van der Waals surface area contributed by atoms with E-state index in [4.69, 9.17) is 9.47 Å². The van der Waals surface area contributed by atoms with Gasteiger partial charge in [-0.15, -0.1) is 0 Å². The summed E-state index contributed by atoms with van der Waals surface area (Å²) < 4.78 is 10.6. The van der Waals surface area contributed by atoms with E-state index in [9.17, 15) is 0 Å². The number of hydrogen-bond acceptors (Lipinski definition) is 3. The molecule has 0 saturated carbocycles. The molecule has 1 heterocycles. The van der Waals surface area contributed by atoms with Crippen LogP contribution in [0.2, 0.25) is 0 Å². The molecule has 3 nitrogen and oxygen atoms in total. The van der Waals surface area contributed by atoms with Gasteiger partial charge in [-0.1, -0.05) is 6.07 Å². The molecule has 0 bridgehead atoms. The first-order valence-electron chi connectivity index (χ1n) is 5.29. The van der Waals surface area contributed by atoms with E-state index in [-0.39, 0.29) is 0 Å². The minimum atomic E-state index is 0.565. The van der Waals surface area contributed by atoms with E-state index in [1.165, 1.54) is 0 Å². The van der Waals surface area contributed by atoms with Crippen LogP contribution < -0.4 is 4.74 Å². The first kappa shape index (κ1) is 10.9. The van der Waals surface area contributed by atoms with E-state index in [2.05, 4.69) is 4.98 Å². The van der Waals surface area contributed by atoms with Crippen molar-refractivity contribution in [1.82, 2.24) is 4.98 Å². The highest BCUT2D eigenvalue weighted by molar-refractivity contribution is 5.83. The second kappa shape index (κ2) is 4.94. The van der Waals surface area contributed by atoms with Crippen LogP contribution in [-0.2, 0) is 4.74 Å². The van der Waals surface area contributed by atoms with Gasteiger partial charge in [0.05, 0.1) is 12.1 Å². The zero-order chi connectivity index (χ0) is 11.4. The summed E-state index contributed by atoms with van der Waals surface area (Å²) in [5.41, 5.74) is 2.08. The van der Waals surface area contributed by atoms with Crippen molar-refractivity contribution in [2.24, 2.45) is 0 Å². The number of rotatable bonds is 4. The summed E-state index contributed by atoms with van der Waals surface area (Å²) in [4.78, 5) is 4.36. The standard InChI is InChI=1S/C13H15NO2/c1-10-12(16-9-8-15-2)6-5-11-4-3-7-14-13(10)11/h3-7H,8-9H2,1-2H3. The number of benzene rings is 1. The molecular formula is C13H15NO2. The highest BCUT2D eigenvalue weighted by Crippen LogP contribution is 2.25. The van der Waals surface area contributed by atoms with Crippen molar-refractivity contribution in [3.05, 3.63) is 36.0 Å². The van der Waals surface area contributed by atoms with Crippen LogP contribution >= 0.6 is 0 Å². The molecule has 16 heavy (non-hydrogen) atoms. The fourth-order valence-electron chi connectivity index (χ4n) is 1.66. The SMILES string of the molecule is COCCOc1ccc2cccnc2c1C. The van der Waals surface area contributed by atoms with E-state index in [0.717, 1.165) is 22.2 Å². The molecule has 84 valence electrons. The van der Waals surface area contributed by atoms with Gasteiger partial charge in [-0.2, -0.15) is 0 Å². The van der Waals surface area contributed by atoms with Crippen molar-refractivity contribution in [3.63, 3.8) is 0 Å². The normalized spacial score (nSPS) is 10.6. The van der Waals surface area contributed by atoms with Gasteiger partial charge in [0.2, 0.25) is 0 Å². The van der Waals surface area contributed by atoms with Crippen LogP contribution in [0.1, 0.15) is 5.56 Å². The molecule has 1 aromatic heterocycles. The smallest absolute Gasteiger partial charge is 0.124 e. The summed E-state index contributed by atoms with van der Waals surface area (Å²) in [6.45, 7) is 3.19. The molecule has 0 amide bonds. The molecule has 0 atom stereocenters. The van der Waals surface area contributed by atoms with Crippen molar-refractivity contribution >= 4 is 10.9 Å². The van der Waals surface area contributed by atoms with Crippen LogP contribution in [0.25, 0.3) is 10.9 Å². The number of ether oxygens (including phenoxy) is 2. The quantitative estimate of drug-likeness (QED) is 0.737. The third-order valence-electron chi connectivity index (χ3n) is 2.52. The van der Waals surface area contributed by atoms with Gasteiger partial charge >= 0.3 is 0 Å². The molecular weight excluding hydrogens is 202 g/mol. The first-order chi connectivity index (χ1) is 7.83. The van der Waals surface area contributed by atoms with E-state index in [1.807, 2.05) is 31.2 Å². The van der Waals surface area contributed by atoms with Crippen LogP contribution in [0.4, 0.5) is 0 Å². The van der Waals surface area contributed by atoms with Crippen molar-refractivity contribution in [1.29, 1.82) is 0 Å². The van der Waals surface area contributed by atoms with Crippen LogP contribution in [0.5, 0.6) is 5.75 Å². The molecule has 2 aromatic rings. The molecule has 0 saturated heterocycles. The average molecular weight is 217 g/mol. The minimum Gasteiger partial charge on any atom is -0.491 e. The molecule has 0 aliphatic heterocycles. The largest absolute Gasteiger partial charge is 0.491 e. The van der Waals surface area contributed by atoms with Gasteiger partial charge in [-0.25, -0.2) is 0 Å². The molecule has 0 radical (unpaired) electrons. The maximum atomic E-state index is 5.62. The fourth-order valence-corrected chi connectivity index (χ4v) is 1.66. The number of aromatic nitrogens is 1. The lowest BCUT2D eigenvalue weighted by Crippen LogP contribution is -2.05. The highest BCUT2D eigenvalue weighted by Gasteiger charge is 2.04. The van der Waals surface area contributed by atoms with Gasteiger partial charge in [0.15, 0.2) is 0 Å². The zero-order valence-electron chi connectivity index (χ0n) is 9.56. The van der Waals surface area contributed by atoms with Crippen molar-refractivity contribution in [3.8, 4) is 5.75 Å². The summed E-state index contributed by atoms with van der Waals surface area (Å²) in [6.07, 6.45) is 1.80. The maximum absolute atomic E-state index is 5.62. The van der Waals surface area contributed by atoms with Gasteiger partial charge in [0.25, 0.3) is 0 Å². The second-order valence-electron chi connectivity index (χ2n) is 3.61. The van der Waals surface area contributed by atoms with Crippen LogP contribution in [0.15, 0.2) is 30.5 Å². The van der Waals surface area contributed by atoms with Crippen LogP contribution in [0.3, 0.4) is 0 Å². The molecule has 0 aliphatic carbocycles. The predicted octanol–water partition coefficient (Wildman–Crippen LogP) is 2.57. The van der Waals surface area contributed by atoms with Gasteiger partial charge in [0, 0.05) is 24.3 Å². The molecule has 1 aromatic carbocycles. The highest BCUT2D eigenvalue weighted by atomic mass is 16.5. The third kappa shape index (κ3) is 2.14. The summed E-state index contributed by atoms with van der Waals surface area (Å²) in [7, 11) is 1.66. The molecule has 0 aliphatic rings. The maximum Gasteiger partial charge on any atom is 0.124 e. The lowest BCUT2D eigenvalue weighted by Gasteiger charge is -2.10. The predicted molar refractivity (Wildman–Crippen MR) is 63.9 cm³/mol. The number of nitrogens with zero attached hydrogens (tertiary/aromatic N) is 1. The van der Waals surface area contributed by atoms with E-state index in [1.54, 1.807) is 13.3 Å². The number of hydrogen-bond donors (Lipinski definition) is 0. The lowest BCUT2D eigenvalue weighted by molar-refractivity contribution is 0.146. The molecule has 0 N–H and O–H groups in total. The van der Waals surface area contributed by atoms with Crippen LogP contribution in [0, 0.1) is 6.92 Å². The van der Waals surface area contributed by atoms with Crippen molar-refractivity contribution < 1.29 is 9.47 Å². The number of aryl methyl sites for hydroxylation is 1. The summed E-state index contributed by atoms with van der Waals surface area (Å²) in [6, 6.07) is 7.99. The average Bonchev–Trinajstić information content (AvgIpc) is 2.33. The number of pyridine rings is 1. The molecule has 3 heteroatoms. The Kier molecular flexibility index (Phi) is 3.37. The minimum absolute atomic E-state index is 0.565. The van der Waals surface area contributed by atoms with Gasteiger partial charge in [-0.05, 0) is 25.1 Å². The van der Waals surface area contributed by atoms with Gasteiger partial charge in [-0.3, -0.25) is 4.98 Å². The summed E-state index contributed by atoms with van der Waals surface area (Å²) in [5, 5.41) is 1.14. The molecule has 0 spiro atoms. The van der Waals surface area contributed by atoms with Gasteiger partial charge < -0.3 is 9.47 Å². The molecule has 0 unspecified atom stereocenters. The lowest BCUT2D eigenvalue weighted by atomic mass is 10.1. The summed E-state index contributed by atoms with van der Waals surface area (Å²) in [5.74, 6) is 0.878. The third-order valence-corrected chi connectivity index (χ3v) is 2.52. The molecule has 0 fully saturated rings. The van der Waals surface area contributed by atoms with E-state index < -0.39 is 0 Å². The van der Waals surface area contributed by atoms with Gasteiger partial charge in [0.1, 0.15) is 12.4 Å². The zero-order valence-corrected chi connectivity index (χ0v) is 9.56. The number of methoxy groups -OCH3 is 1. The van der Waals surface area contributed by atoms with E-state index in [0.29, 0.717) is 13.2 Å². The van der Waals surface area contributed by atoms with E-state index >= 15 is 0 Å². The molecule has 2 rings (SSSR count). The Balaban J connectivity index is 2.29. The van der Waals surface area contributed by atoms with Crippen molar-refractivity contribution in [2.75, 3.05) is 20.3 Å². The Morgan fingerprint density at radius 3 is 2.88 bits per heavy atom. The topological polar surface area (TPSA) is 31.4 Å². The number of fused-ring (bicyclic) bond motifs is 1. The summed E-state index contributed by atoms with van der Waals surface area (Å²) >= 11 is 0. The second-order valence-corrected chi connectivity index (χ2v) is 3.61. The Morgan fingerprint density at radius 1 is 1.19 bits per heavy atom. The monoisotopic (exact) mass is 217 g/mol. The first-order valence-corrected chi connectivity index (χ1v) is 5.29. The Bertz CT molecular complexity index is 482. The Labute approximate surface area is 95.0 Å².